The molecule has 6 nitrogen and oxygen atoms in total. The van der Waals surface area contributed by atoms with Gasteiger partial charge in [-0.05, 0) is 36.4 Å². The first-order chi connectivity index (χ1) is 15.5. The van der Waals surface area contributed by atoms with E-state index in [1.165, 1.54) is 6.07 Å². The number of carbonyl (C=O) groups excluding carboxylic acids is 1. The number of fused-ring (bicyclic) bond motifs is 1. The molecule has 0 spiro atoms. The van der Waals surface area contributed by atoms with Crippen LogP contribution in [0, 0.1) is 0 Å². The van der Waals surface area contributed by atoms with Gasteiger partial charge in [0.25, 0.3) is 0 Å². The Labute approximate surface area is 195 Å². The molecule has 4 aromatic rings. The van der Waals surface area contributed by atoms with E-state index in [1.807, 2.05) is 24.3 Å². The third-order valence-electron chi connectivity index (χ3n) is 4.59. The number of thiazole rings is 1. The molecule has 0 aliphatic heterocycles. The Bertz CT molecular complexity index is 1290. The zero-order chi connectivity index (χ0) is 22.4. The molecule has 1 aromatic heterocycles. The van der Waals surface area contributed by atoms with Gasteiger partial charge in [0.15, 0.2) is 4.34 Å². The van der Waals surface area contributed by atoms with Crippen molar-refractivity contribution in [2.75, 3.05) is 24.2 Å². The topological polar surface area (TPSA) is 88.2 Å². The lowest BCUT2D eigenvalue weighted by molar-refractivity contribution is -0.119. The van der Waals surface area contributed by atoms with Crippen LogP contribution in [0.5, 0.6) is 0 Å². The number of aromatic nitrogens is 1. The highest BCUT2D eigenvalue weighted by Crippen LogP contribution is 2.29. The molecule has 2 N–H and O–H groups in total. The van der Waals surface area contributed by atoms with Crippen LogP contribution in [0.2, 0.25) is 0 Å². The van der Waals surface area contributed by atoms with E-state index >= 15 is 0 Å². The van der Waals surface area contributed by atoms with Crippen LogP contribution in [0.4, 0.5) is 5.69 Å². The van der Waals surface area contributed by atoms with Crippen molar-refractivity contribution in [1.82, 2.24) is 10.3 Å². The van der Waals surface area contributed by atoms with Crippen LogP contribution in [0.25, 0.3) is 10.2 Å². The average Bonchev–Trinajstić information content (AvgIpc) is 3.24. The third-order valence-corrected chi connectivity index (χ3v) is 8.60. The van der Waals surface area contributed by atoms with E-state index in [-0.39, 0.29) is 22.2 Å². The smallest absolute Gasteiger partial charge is 0.239 e. The fourth-order valence-corrected chi connectivity index (χ4v) is 6.50. The van der Waals surface area contributed by atoms with Gasteiger partial charge in [0.1, 0.15) is 0 Å². The Morgan fingerprint density at radius 2 is 1.66 bits per heavy atom. The van der Waals surface area contributed by atoms with Gasteiger partial charge in [0.05, 0.1) is 32.2 Å². The fraction of sp³-hybridized carbons (Fsp3) is 0.130. The van der Waals surface area contributed by atoms with Gasteiger partial charge < -0.3 is 10.6 Å². The number of anilines is 1. The maximum absolute atomic E-state index is 13.0. The van der Waals surface area contributed by atoms with Gasteiger partial charge in [0, 0.05) is 12.3 Å². The van der Waals surface area contributed by atoms with Crippen molar-refractivity contribution in [2.24, 2.45) is 0 Å². The van der Waals surface area contributed by atoms with Gasteiger partial charge in [-0.25, -0.2) is 13.4 Å². The zero-order valence-electron chi connectivity index (χ0n) is 17.0. The standard InChI is InChI=1S/C23H21N3O3S3/c27-22(24-14-15-30-23-26-18-10-4-6-12-20(18)31-23)16-25-19-11-5-7-13-21(19)32(28,29)17-8-2-1-3-9-17/h1-13,25H,14-16H2,(H,24,27). The number of hydrogen-bond donors (Lipinski definition) is 2. The minimum Gasteiger partial charge on any atom is -0.375 e. The second kappa shape index (κ2) is 10.2. The van der Waals surface area contributed by atoms with Crippen molar-refractivity contribution in [3.8, 4) is 0 Å². The lowest BCUT2D eigenvalue weighted by Crippen LogP contribution is -2.31. The molecule has 0 fully saturated rings. The molecule has 3 aromatic carbocycles. The summed E-state index contributed by atoms with van der Waals surface area (Å²) in [4.78, 5) is 17.2. The van der Waals surface area contributed by atoms with Crippen LogP contribution in [-0.2, 0) is 14.6 Å². The monoisotopic (exact) mass is 483 g/mol. The Kier molecular flexibility index (Phi) is 7.09. The second-order valence-corrected chi connectivity index (χ2v) is 11.1. The van der Waals surface area contributed by atoms with E-state index in [4.69, 9.17) is 0 Å². The molecule has 164 valence electrons. The van der Waals surface area contributed by atoms with Crippen molar-refractivity contribution in [3.05, 3.63) is 78.9 Å². The molecule has 0 saturated heterocycles. The Morgan fingerprint density at radius 1 is 0.938 bits per heavy atom. The molecular weight excluding hydrogens is 462 g/mol. The molecule has 0 aliphatic rings. The first-order valence-electron chi connectivity index (χ1n) is 9.92. The number of nitrogens with zero attached hydrogens (tertiary/aromatic N) is 1. The van der Waals surface area contributed by atoms with Gasteiger partial charge in [-0.2, -0.15) is 0 Å². The Balaban J connectivity index is 1.30. The predicted octanol–water partition coefficient (Wildman–Crippen LogP) is 4.45. The first kappa shape index (κ1) is 22.3. The van der Waals surface area contributed by atoms with Crippen molar-refractivity contribution in [2.45, 2.75) is 14.1 Å². The highest BCUT2D eigenvalue weighted by molar-refractivity contribution is 8.01. The number of carbonyl (C=O) groups is 1. The van der Waals surface area contributed by atoms with Gasteiger partial charge in [-0.15, -0.1) is 11.3 Å². The molecule has 9 heteroatoms. The predicted molar refractivity (Wildman–Crippen MR) is 130 cm³/mol. The Morgan fingerprint density at radius 3 is 2.47 bits per heavy atom. The number of hydrogen-bond acceptors (Lipinski definition) is 7. The number of rotatable bonds is 9. The summed E-state index contributed by atoms with van der Waals surface area (Å²) in [5.41, 5.74) is 1.38. The van der Waals surface area contributed by atoms with E-state index in [9.17, 15) is 13.2 Å². The van der Waals surface area contributed by atoms with Crippen molar-refractivity contribution < 1.29 is 13.2 Å². The zero-order valence-corrected chi connectivity index (χ0v) is 19.5. The van der Waals surface area contributed by atoms with Crippen molar-refractivity contribution in [1.29, 1.82) is 0 Å². The van der Waals surface area contributed by atoms with E-state index in [1.54, 1.807) is 71.6 Å². The third kappa shape index (κ3) is 5.29. The Hall–Kier alpha value is -2.88. The van der Waals surface area contributed by atoms with Crippen LogP contribution >= 0.6 is 23.1 Å². The summed E-state index contributed by atoms with van der Waals surface area (Å²) in [7, 11) is -3.68. The molecule has 4 rings (SSSR count). The summed E-state index contributed by atoms with van der Waals surface area (Å²) < 4.78 is 28.0. The molecule has 1 amide bonds. The highest BCUT2D eigenvalue weighted by Gasteiger charge is 2.21. The van der Waals surface area contributed by atoms with Gasteiger partial charge >= 0.3 is 0 Å². The molecule has 0 saturated carbocycles. The normalized spacial score (nSPS) is 11.4. The van der Waals surface area contributed by atoms with Crippen LogP contribution in [0.3, 0.4) is 0 Å². The molecule has 0 unspecified atom stereocenters. The fourth-order valence-electron chi connectivity index (χ4n) is 3.05. The van der Waals surface area contributed by atoms with Gasteiger partial charge in [0.2, 0.25) is 15.7 Å². The van der Waals surface area contributed by atoms with E-state index in [2.05, 4.69) is 15.6 Å². The molecule has 32 heavy (non-hydrogen) atoms. The lowest BCUT2D eigenvalue weighted by Gasteiger charge is -2.12. The van der Waals surface area contributed by atoms with Crippen LogP contribution in [0.15, 0.2) is 93.0 Å². The maximum atomic E-state index is 13.0. The summed E-state index contributed by atoms with van der Waals surface area (Å²) in [6, 6.07) is 22.8. The van der Waals surface area contributed by atoms with Crippen LogP contribution in [0.1, 0.15) is 0 Å². The first-order valence-corrected chi connectivity index (χ1v) is 13.2. The SMILES string of the molecule is O=C(CNc1ccccc1S(=O)(=O)c1ccccc1)NCCSc1nc2ccccc2s1. The molecule has 0 bridgehead atoms. The number of nitrogens with one attached hydrogen (secondary N) is 2. The van der Waals surface area contributed by atoms with E-state index in [0.29, 0.717) is 18.0 Å². The van der Waals surface area contributed by atoms with Crippen LogP contribution in [-0.4, -0.2) is 38.2 Å². The summed E-state index contributed by atoms with van der Waals surface area (Å²) in [5.74, 6) is 0.492. The average molecular weight is 484 g/mol. The lowest BCUT2D eigenvalue weighted by atomic mass is 10.3. The molecule has 0 aliphatic carbocycles. The number of amides is 1. The van der Waals surface area contributed by atoms with E-state index < -0.39 is 9.84 Å². The second-order valence-electron chi connectivity index (χ2n) is 6.81. The summed E-state index contributed by atoms with van der Waals surface area (Å²) >= 11 is 3.23. The summed E-state index contributed by atoms with van der Waals surface area (Å²) in [5, 5.41) is 5.81. The number of thioether (sulfide) groups is 1. The summed E-state index contributed by atoms with van der Waals surface area (Å²) in [6.07, 6.45) is 0. The molecule has 1 heterocycles. The van der Waals surface area contributed by atoms with Gasteiger partial charge in [-0.3, -0.25) is 4.79 Å². The minimum atomic E-state index is -3.68. The largest absolute Gasteiger partial charge is 0.375 e. The molecule has 0 radical (unpaired) electrons. The highest BCUT2D eigenvalue weighted by atomic mass is 32.2. The van der Waals surface area contributed by atoms with Gasteiger partial charge in [-0.1, -0.05) is 54.2 Å². The number of sulfone groups is 1. The number of para-hydroxylation sites is 2. The number of benzene rings is 3. The molecular formula is C23H21N3O3S3. The maximum Gasteiger partial charge on any atom is 0.239 e. The summed E-state index contributed by atoms with van der Waals surface area (Å²) in [6.45, 7) is 0.470. The van der Waals surface area contributed by atoms with Crippen LogP contribution < -0.4 is 10.6 Å². The van der Waals surface area contributed by atoms with Crippen molar-refractivity contribution in [3.63, 3.8) is 0 Å². The minimum absolute atomic E-state index is 0.0207. The van der Waals surface area contributed by atoms with E-state index in [0.717, 1.165) is 14.6 Å². The van der Waals surface area contributed by atoms with Crippen molar-refractivity contribution >= 4 is 54.7 Å². The molecule has 0 atom stereocenters. The quantitative estimate of drug-likeness (QED) is 0.270.